The fourth-order valence-electron chi connectivity index (χ4n) is 2.40. The third-order valence-corrected chi connectivity index (χ3v) is 5.84. The normalized spacial score (nSPS) is 17.0. The van der Waals surface area contributed by atoms with Crippen LogP contribution >= 0.6 is 0 Å². The molecule has 0 saturated heterocycles. The van der Waals surface area contributed by atoms with E-state index in [1.165, 1.54) is 10.8 Å². The van der Waals surface area contributed by atoms with Crippen LogP contribution < -0.4 is 4.43 Å². The van der Waals surface area contributed by atoms with Crippen molar-refractivity contribution in [3.8, 4) is 17.6 Å². The van der Waals surface area contributed by atoms with E-state index in [-0.39, 0.29) is 0 Å². The summed E-state index contributed by atoms with van der Waals surface area (Å²) < 4.78 is 6.11. The average Bonchev–Trinajstić information content (AvgIpc) is 2.71. The highest BCUT2D eigenvalue weighted by atomic mass is 28.4. The van der Waals surface area contributed by atoms with Gasteiger partial charge in [-0.25, -0.2) is 0 Å². The third kappa shape index (κ3) is 2.41. The highest BCUT2D eigenvalue weighted by Crippen LogP contribution is 2.40. The molecule has 1 aliphatic heterocycles. The van der Waals surface area contributed by atoms with Crippen LogP contribution in [0.4, 0.5) is 0 Å². The Morgan fingerprint density at radius 3 is 2.45 bits per heavy atom. The summed E-state index contributed by atoms with van der Waals surface area (Å²) in [7, 11) is -1.85. The van der Waals surface area contributed by atoms with Gasteiger partial charge in [0.25, 0.3) is 8.32 Å². The van der Waals surface area contributed by atoms with Crippen molar-refractivity contribution < 1.29 is 4.43 Å². The van der Waals surface area contributed by atoms with Crippen LogP contribution in [0.15, 0.2) is 60.7 Å². The van der Waals surface area contributed by atoms with Gasteiger partial charge in [0.1, 0.15) is 5.75 Å². The van der Waals surface area contributed by atoms with E-state index in [0.717, 1.165) is 11.3 Å². The lowest BCUT2D eigenvalue weighted by molar-refractivity contribution is 0.578. The van der Waals surface area contributed by atoms with Crippen molar-refractivity contribution in [2.24, 2.45) is 0 Å². The van der Waals surface area contributed by atoms with Crippen LogP contribution in [0.25, 0.3) is 5.20 Å². The molecule has 2 aromatic carbocycles. The predicted octanol–water partition coefficient (Wildman–Crippen LogP) is 4.26. The molecule has 2 aromatic rings. The van der Waals surface area contributed by atoms with Gasteiger partial charge < -0.3 is 4.43 Å². The molecule has 1 heterocycles. The predicted molar refractivity (Wildman–Crippen MR) is 85.8 cm³/mol. The van der Waals surface area contributed by atoms with Crippen LogP contribution in [0, 0.1) is 11.8 Å². The number of rotatable bonds is 0. The number of benzene rings is 2. The Morgan fingerprint density at radius 1 is 0.950 bits per heavy atom. The molecule has 20 heavy (non-hydrogen) atoms. The van der Waals surface area contributed by atoms with Gasteiger partial charge in [-0.1, -0.05) is 48.2 Å². The summed E-state index contributed by atoms with van der Waals surface area (Å²) in [6.45, 7) is 4.42. The Hall–Kier alpha value is -2.24. The van der Waals surface area contributed by atoms with Crippen molar-refractivity contribution in [1.29, 1.82) is 0 Å². The van der Waals surface area contributed by atoms with Crippen molar-refractivity contribution >= 4 is 13.5 Å². The van der Waals surface area contributed by atoms with E-state index in [9.17, 15) is 0 Å². The first kappa shape index (κ1) is 12.8. The average molecular weight is 276 g/mol. The van der Waals surface area contributed by atoms with Crippen molar-refractivity contribution in [2.45, 2.75) is 13.1 Å². The monoisotopic (exact) mass is 276 g/mol. The fourth-order valence-corrected chi connectivity index (χ4v) is 4.51. The molecule has 0 fully saturated rings. The lowest BCUT2D eigenvalue weighted by Crippen LogP contribution is -2.31. The smallest absolute Gasteiger partial charge is 0.278 e. The quantitative estimate of drug-likeness (QED) is 0.516. The highest BCUT2D eigenvalue weighted by Gasteiger charge is 2.38. The van der Waals surface area contributed by atoms with Gasteiger partial charge in [-0.3, -0.25) is 0 Å². The number of hydrogen-bond acceptors (Lipinski definition) is 1. The van der Waals surface area contributed by atoms with Gasteiger partial charge in [0, 0.05) is 11.1 Å². The Bertz CT molecular complexity index is 718. The zero-order valence-electron chi connectivity index (χ0n) is 11.7. The minimum Gasteiger partial charge on any atom is -0.539 e. The molecule has 0 atom stereocenters. The van der Waals surface area contributed by atoms with Crippen molar-refractivity contribution in [3.05, 3.63) is 71.8 Å². The molecule has 3 rings (SSSR count). The van der Waals surface area contributed by atoms with Crippen molar-refractivity contribution in [1.82, 2.24) is 0 Å². The second kappa shape index (κ2) is 5.03. The lowest BCUT2D eigenvalue weighted by atomic mass is 10.2. The maximum atomic E-state index is 6.11. The van der Waals surface area contributed by atoms with Gasteiger partial charge in [0.2, 0.25) is 0 Å². The first-order chi connectivity index (χ1) is 9.67. The van der Waals surface area contributed by atoms with Crippen LogP contribution in [0.3, 0.4) is 0 Å². The summed E-state index contributed by atoms with van der Waals surface area (Å²) in [4.78, 5) is 0. The fraction of sp³-hybridized carbons (Fsp3) is 0.111. The van der Waals surface area contributed by atoms with Gasteiger partial charge >= 0.3 is 0 Å². The lowest BCUT2D eigenvalue weighted by Gasteiger charge is -2.15. The Balaban J connectivity index is 1.97. The molecule has 0 aromatic heterocycles. The summed E-state index contributed by atoms with van der Waals surface area (Å²) in [5.74, 6) is 7.36. The van der Waals surface area contributed by atoms with E-state index >= 15 is 0 Å². The van der Waals surface area contributed by atoms with Crippen LogP contribution in [0.5, 0.6) is 5.75 Å². The molecule has 0 amide bonds. The molecule has 2 heteroatoms. The second-order valence-electron chi connectivity index (χ2n) is 5.30. The standard InChI is InChI=1S/C18H16OSi/c1-20(2)18(16-12-6-7-13-17(16)19-20)14-8-11-15-9-4-3-5-10-15/h3-7,9-10,12-14H,1-2H3/b18-14-. The first-order valence-corrected chi connectivity index (χ1v) is 9.63. The third-order valence-electron chi connectivity index (χ3n) is 3.40. The summed E-state index contributed by atoms with van der Waals surface area (Å²) in [5, 5.41) is 1.27. The maximum absolute atomic E-state index is 6.11. The van der Waals surface area contributed by atoms with Gasteiger partial charge in [0.05, 0.1) is 0 Å². The molecule has 0 unspecified atom stereocenters. The topological polar surface area (TPSA) is 9.23 Å². The Kier molecular flexibility index (Phi) is 3.21. The zero-order chi connectivity index (χ0) is 14.0. The van der Waals surface area contributed by atoms with Crippen LogP contribution in [0.2, 0.25) is 13.1 Å². The first-order valence-electron chi connectivity index (χ1n) is 6.72. The van der Waals surface area contributed by atoms with E-state index < -0.39 is 8.32 Å². The second-order valence-corrected chi connectivity index (χ2v) is 9.07. The minimum absolute atomic E-state index is 0.997. The summed E-state index contributed by atoms with van der Waals surface area (Å²) in [6.07, 6.45) is 2.03. The zero-order valence-corrected chi connectivity index (χ0v) is 12.7. The minimum atomic E-state index is -1.85. The highest BCUT2D eigenvalue weighted by molar-refractivity contribution is 6.91. The number of hydrogen-bond donors (Lipinski definition) is 0. The van der Waals surface area contributed by atoms with Crippen LogP contribution in [-0.2, 0) is 0 Å². The molecule has 1 aliphatic rings. The van der Waals surface area contributed by atoms with Crippen molar-refractivity contribution in [3.63, 3.8) is 0 Å². The molecule has 0 aliphatic carbocycles. The molecule has 1 nitrogen and oxygen atoms in total. The van der Waals surface area contributed by atoms with E-state index in [1.54, 1.807) is 0 Å². The molecular weight excluding hydrogens is 260 g/mol. The summed E-state index contributed by atoms with van der Waals surface area (Å²) in [5.41, 5.74) is 2.24. The molecule has 0 radical (unpaired) electrons. The van der Waals surface area contributed by atoms with E-state index in [4.69, 9.17) is 4.43 Å². The summed E-state index contributed by atoms with van der Waals surface area (Å²) in [6, 6.07) is 18.3. The van der Waals surface area contributed by atoms with Crippen LogP contribution in [-0.4, -0.2) is 8.32 Å². The molecule has 0 spiro atoms. The van der Waals surface area contributed by atoms with E-state index in [1.807, 2.05) is 48.5 Å². The SMILES string of the molecule is C[Si]1(C)Oc2ccccc2/C1=C/C#Cc1ccccc1. The maximum Gasteiger partial charge on any atom is 0.278 e. The van der Waals surface area contributed by atoms with Crippen molar-refractivity contribution in [2.75, 3.05) is 0 Å². The number of para-hydroxylation sites is 1. The molecular formula is C18H16OSi. The van der Waals surface area contributed by atoms with Crippen LogP contribution in [0.1, 0.15) is 11.1 Å². The van der Waals surface area contributed by atoms with Gasteiger partial charge in [-0.15, -0.1) is 0 Å². The number of allylic oxidation sites excluding steroid dienone is 1. The van der Waals surface area contributed by atoms with E-state index in [2.05, 4.69) is 37.1 Å². The number of fused-ring (bicyclic) bond motifs is 1. The van der Waals surface area contributed by atoms with Gasteiger partial charge in [0.15, 0.2) is 0 Å². The van der Waals surface area contributed by atoms with E-state index in [0.29, 0.717) is 0 Å². The summed E-state index contributed by atoms with van der Waals surface area (Å²) >= 11 is 0. The molecule has 0 bridgehead atoms. The molecule has 98 valence electrons. The molecule has 0 saturated carbocycles. The Morgan fingerprint density at radius 2 is 1.65 bits per heavy atom. The Labute approximate surface area is 121 Å². The molecule has 0 N–H and O–H groups in total. The largest absolute Gasteiger partial charge is 0.539 e. The van der Waals surface area contributed by atoms with Gasteiger partial charge in [-0.05, 0) is 42.6 Å². The van der Waals surface area contributed by atoms with Gasteiger partial charge in [-0.2, -0.15) is 0 Å².